The molecule has 0 radical (unpaired) electrons. The van der Waals surface area contributed by atoms with Gasteiger partial charge in [0.05, 0.1) is 25.9 Å². The van der Waals surface area contributed by atoms with Crippen LogP contribution >= 0.6 is 0 Å². The van der Waals surface area contributed by atoms with Crippen LogP contribution in [0.5, 0.6) is 5.88 Å². The van der Waals surface area contributed by atoms with Crippen LogP contribution in [0.4, 0.5) is 0 Å². The van der Waals surface area contributed by atoms with Crippen molar-refractivity contribution in [3.63, 3.8) is 0 Å². The van der Waals surface area contributed by atoms with Crippen LogP contribution in [0.1, 0.15) is 23.7 Å². The zero-order valence-electron chi connectivity index (χ0n) is 14.0. The molecule has 0 saturated carbocycles. The summed E-state index contributed by atoms with van der Waals surface area (Å²) in [6.45, 7) is 6.18. The van der Waals surface area contributed by atoms with Crippen LogP contribution in [0, 0.1) is 6.92 Å². The smallest absolute Gasteiger partial charge is 0.213 e. The minimum atomic E-state index is 0.594. The van der Waals surface area contributed by atoms with Crippen LogP contribution in [0.3, 0.4) is 0 Å². The molecule has 122 valence electrons. The van der Waals surface area contributed by atoms with Crippen molar-refractivity contribution >= 4 is 5.96 Å². The second kappa shape index (κ2) is 8.78. The third kappa shape index (κ3) is 5.62. The normalized spacial score (nSPS) is 11.2. The average Bonchev–Trinajstić information content (AvgIpc) is 2.57. The van der Waals surface area contributed by atoms with Gasteiger partial charge in [0.25, 0.3) is 0 Å². The highest BCUT2D eigenvalue weighted by Gasteiger charge is 2.01. The quantitative estimate of drug-likeness (QED) is 0.636. The van der Waals surface area contributed by atoms with Crippen molar-refractivity contribution in [1.82, 2.24) is 15.6 Å². The number of nitrogens with zero attached hydrogens (tertiary/aromatic N) is 2. The van der Waals surface area contributed by atoms with Gasteiger partial charge < -0.3 is 15.4 Å². The highest BCUT2D eigenvalue weighted by atomic mass is 16.5. The Kier molecular flexibility index (Phi) is 6.41. The summed E-state index contributed by atoms with van der Waals surface area (Å²) in [7, 11) is 1.62. The molecule has 23 heavy (non-hydrogen) atoms. The van der Waals surface area contributed by atoms with E-state index in [1.165, 1.54) is 11.1 Å². The molecule has 0 saturated heterocycles. The molecule has 1 heterocycles. The third-order valence-corrected chi connectivity index (χ3v) is 3.27. The fourth-order valence-corrected chi connectivity index (χ4v) is 2.17. The summed E-state index contributed by atoms with van der Waals surface area (Å²) in [5.74, 6) is 1.39. The van der Waals surface area contributed by atoms with Gasteiger partial charge in [-0.3, -0.25) is 0 Å². The van der Waals surface area contributed by atoms with Gasteiger partial charge in [0.1, 0.15) is 0 Å². The Labute approximate surface area is 137 Å². The molecule has 5 heteroatoms. The lowest BCUT2D eigenvalue weighted by molar-refractivity contribution is 0.396. The summed E-state index contributed by atoms with van der Waals surface area (Å²) in [6.07, 6.45) is 0. The second-order valence-corrected chi connectivity index (χ2v) is 5.21. The molecular formula is C18H24N4O. The van der Waals surface area contributed by atoms with Crippen LogP contribution in [0.15, 0.2) is 47.5 Å². The second-order valence-electron chi connectivity index (χ2n) is 5.21. The Balaban J connectivity index is 1.98. The zero-order valence-corrected chi connectivity index (χ0v) is 14.0. The number of pyridine rings is 1. The van der Waals surface area contributed by atoms with E-state index < -0.39 is 0 Å². The zero-order chi connectivity index (χ0) is 16.5. The van der Waals surface area contributed by atoms with E-state index in [9.17, 15) is 0 Å². The highest BCUT2D eigenvalue weighted by molar-refractivity contribution is 5.79. The van der Waals surface area contributed by atoms with E-state index in [2.05, 4.69) is 51.8 Å². The number of hydrogen-bond donors (Lipinski definition) is 2. The minimum Gasteiger partial charge on any atom is -0.481 e. The molecular weight excluding hydrogens is 288 g/mol. The molecule has 2 N–H and O–H groups in total. The van der Waals surface area contributed by atoms with E-state index in [4.69, 9.17) is 4.74 Å². The topological polar surface area (TPSA) is 58.5 Å². The molecule has 0 bridgehead atoms. The largest absolute Gasteiger partial charge is 0.481 e. The lowest BCUT2D eigenvalue weighted by Crippen LogP contribution is -2.37. The first-order valence-corrected chi connectivity index (χ1v) is 7.79. The lowest BCUT2D eigenvalue weighted by Gasteiger charge is -2.11. The van der Waals surface area contributed by atoms with Crippen molar-refractivity contribution < 1.29 is 4.74 Å². The number of nitrogens with one attached hydrogen (secondary N) is 2. The molecule has 1 aromatic carbocycles. The molecule has 0 amide bonds. The molecule has 2 rings (SSSR count). The number of aromatic nitrogens is 1. The van der Waals surface area contributed by atoms with E-state index in [-0.39, 0.29) is 0 Å². The monoisotopic (exact) mass is 312 g/mol. The Morgan fingerprint density at radius 2 is 2.00 bits per heavy atom. The summed E-state index contributed by atoms with van der Waals surface area (Å²) in [6, 6.07) is 14.1. The molecule has 0 aliphatic carbocycles. The fourth-order valence-electron chi connectivity index (χ4n) is 2.17. The first-order valence-electron chi connectivity index (χ1n) is 7.79. The summed E-state index contributed by atoms with van der Waals surface area (Å²) >= 11 is 0. The summed E-state index contributed by atoms with van der Waals surface area (Å²) < 4.78 is 5.14. The van der Waals surface area contributed by atoms with E-state index in [1.807, 2.05) is 25.1 Å². The van der Waals surface area contributed by atoms with Crippen LogP contribution in [0.2, 0.25) is 0 Å². The van der Waals surface area contributed by atoms with Crippen LogP contribution in [-0.2, 0) is 13.1 Å². The molecule has 2 aromatic rings. The van der Waals surface area contributed by atoms with Gasteiger partial charge in [-0.05, 0) is 25.5 Å². The van der Waals surface area contributed by atoms with Crippen molar-refractivity contribution in [3.8, 4) is 5.88 Å². The van der Waals surface area contributed by atoms with Gasteiger partial charge >= 0.3 is 0 Å². The number of aliphatic imine (C=N–C) groups is 1. The third-order valence-electron chi connectivity index (χ3n) is 3.27. The maximum atomic E-state index is 5.14. The predicted octanol–water partition coefficient (Wildman–Crippen LogP) is 2.65. The van der Waals surface area contributed by atoms with E-state index in [0.29, 0.717) is 19.0 Å². The van der Waals surface area contributed by atoms with Crippen molar-refractivity contribution in [3.05, 3.63) is 59.3 Å². The standard InChI is InChI=1S/C18H24N4O/c1-4-19-18(20-12-15-8-5-7-14(2)11-15)21-13-16-9-6-10-17(22-16)23-3/h5-11H,4,12-13H2,1-3H3,(H2,19,20,21). The number of guanidine groups is 1. The van der Waals surface area contributed by atoms with Crippen molar-refractivity contribution in [1.29, 1.82) is 0 Å². The van der Waals surface area contributed by atoms with Crippen molar-refractivity contribution in [2.75, 3.05) is 13.7 Å². The van der Waals surface area contributed by atoms with Gasteiger partial charge in [-0.1, -0.05) is 35.9 Å². The predicted molar refractivity (Wildman–Crippen MR) is 93.6 cm³/mol. The molecule has 0 aliphatic rings. The number of benzene rings is 1. The molecule has 0 aliphatic heterocycles. The van der Waals surface area contributed by atoms with Crippen molar-refractivity contribution in [2.45, 2.75) is 26.9 Å². The minimum absolute atomic E-state index is 0.594. The summed E-state index contributed by atoms with van der Waals surface area (Å²) in [4.78, 5) is 9.00. The molecule has 0 fully saturated rings. The van der Waals surface area contributed by atoms with Gasteiger partial charge in [0.2, 0.25) is 5.88 Å². The number of methoxy groups -OCH3 is 1. The summed E-state index contributed by atoms with van der Waals surface area (Å²) in [5.41, 5.74) is 3.35. The SMILES string of the molecule is CCNC(=NCc1cccc(C)c1)NCc1cccc(OC)n1. The van der Waals surface area contributed by atoms with E-state index in [0.717, 1.165) is 18.2 Å². The van der Waals surface area contributed by atoms with Crippen LogP contribution in [0.25, 0.3) is 0 Å². The Bertz CT molecular complexity index is 655. The maximum Gasteiger partial charge on any atom is 0.213 e. The Morgan fingerprint density at radius 1 is 1.17 bits per heavy atom. The molecule has 0 spiro atoms. The first kappa shape index (κ1) is 16.8. The maximum absolute atomic E-state index is 5.14. The Morgan fingerprint density at radius 3 is 2.74 bits per heavy atom. The van der Waals surface area contributed by atoms with Gasteiger partial charge in [-0.25, -0.2) is 9.98 Å². The first-order chi connectivity index (χ1) is 11.2. The number of rotatable bonds is 6. The molecule has 5 nitrogen and oxygen atoms in total. The van der Waals surface area contributed by atoms with Gasteiger partial charge in [0, 0.05) is 12.6 Å². The van der Waals surface area contributed by atoms with E-state index in [1.54, 1.807) is 7.11 Å². The highest BCUT2D eigenvalue weighted by Crippen LogP contribution is 2.07. The number of hydrogen-bond acceptors (Lipinski definition) is 3. The average molecular weight is 312 g/mol. The van der Waals surface area contributed by atoms with Gasteiger partial charge in [0.15, 0.2) is 5.96 Å². The number of aryl methyl sites for hydroxylation is 1. The van der Waals surface area contributed by atoms with Crippen molar-refractivity contribution in [2.24, 2.45) is 4.99 Å². The summed E-state index contributed by atoms with van der Waals surface area (Å²) in [5, 5.41) is 6.54. The molecule has 0 atom stereocenters. The van der Waals surface area contributed by atoms with Crippen LogP contribution in [-0.4, -0.2) is 24.6 Å². The Hall–Kier alpha value is -2.56. The lowest BCUT2D eigenvalue weighted by atomic mass is 10.1. The van der Waals surface area contributed by atoms with Gasteiger partial charge in [-0.2, -0.15) is 0 Å². The molecule has 1 aromatic heterocycles. The van der Waals surface area contributed by atoms with E-state index >= 15 is 0 Å². The number of ether oxygens (including phenoxy) is 1. The van der Waals surface area contributed by atoms with Gasteiger partial charge in [-0.15, -0.1) is 0 Å². The van der Waals surface area contributed by atoms with Crippen LogP contribution < -0.4 is 15.4 Å². The fraction of sp³-hybridized carbons (Fsp3) is 0.333. The molecule has 0 unspecified atom stereocenters.